The molecule has 0 unspecified atom stereocenters. The Balaban J connectivity index is 1.21. The number of fused-ring (bicyclic) bond motifs is 1. The Morgan fingerprint density at radius 1 is 1.14 bits per heavy atom. The second-order valence-electron chi connectivity index (χ2n) is 9.73. The SMILES string of the molecule is O=C1C/C(=C\c2cnn3c(NC4CC4)cc(N4CCN(C(=O)CN5CCOCC5)CC4)nc23)C(=O)N1. The molecule has 0 aromatic carbocycles. The molecule has 0 atom stereocenters. The van der Waals surface area contributed by atoms with Crippen molar-refractivity contribution in [3.63, 3.8) is 0 Å². The molecule has 4 fully saturated rings. The minimum Gasteiger partial charge on any atom is -0.379 e. The van der Waals surface area contributed by atoms with Gasteiger partial charge < -0.3 is 19.9 Å². The van der Waals surface area contributed by atoms with Crippen molar-refractivity contribution in [2.75, 3.05) is 69.2 Å². The lowest BCUT2D eigenvalue weighted by molar-refractivity contribution is -0.133. The first-order valence-electron chi connectivity index (χ1n) is 12.6. The van der Waals surface area contributed by atoms with Crippen molar-refractivity contribution in [3.8, 4) is 0 Å². The Labute approximate surface area is 208 Å². The van der Waals surface area contributed by atoms with E-state index in [1.54, 1.807) is 16.8 Å². The molecule has 1 aliphatic carbocycles. The Morgan fingerprint density at radius 2 is 1.92 bits per heavy atom. The molecule has 3 saturated heterocycles. The molecule has 2 N–H and O–H groups in total. The first-order chi connectivity index (χ1) is 17.5. The lowest BCUT2D eigenvalue weighted by Gasteiger charge is -2.37. The number of morpholine rings is 1. The zero-order valence-corrected chi connectivity index (χ0v) is 20.1. The standard InChI is InChI=1S/C24H30N8O4/c33-21-12-16(24(35)28-21)11-17-14-25-32-20(26-18-1-2-18)13-19(27-23(17)32)30-3-5-31(6-4-30)22(34)15-29-7-9-36-10-8-29/h11,13-14,18,26H,1-10,12,15H2,(H,28,33,35)/b16-11+. The van der Waals surface area contributed by atoms with Crippen LogP contribution in [0.2, 0.25) is 0 Å². The summed E-state index contributed by atoms with van der Waals surface area (Å²) in [6, 6.07) is 2.43. The summed E-state index contributed by atoms with van der Waals surface area (Å²) < 4.78 is 7.13. The van der Waals surface area contributed by atoms with Gasteiger partial charge in [-0.2, -0.15) is 9.61 Å². The summed E-state index contributed by atoms with van der Waals surface area (Å²) >= 11 is 0. The average molecular weight is 495 g/mol. The quantitative estimate of drug-likeness (QED) is 0.412. The van der Waals surface area contributed by atoms with Crippen molar-refractivity contribution in [2.45, 2.75) is 25.3 Å². The van der Waals surface area contributed by atoms with Gasteiger partial charge in [0.1, 0.15) is 11.6 Å². The number of rotatable bonds is 6. The molecule has 190 valence electrons. The zero-order valence-electron chi connectivity index (χ0n) is 20.1. The van der Waals surface area contributed by atoms with Crippen molar-refractivity contribution in [1.82, 2.24) is 29.7 Å². The summed E-state index contributed by atoms with van der Waals surface area (Å²) in [5.41, 5.74) is 1.72. The highest BCUT2D eigenvalue weighted by Crippen LogP contribution is 2.29. The molecule has 0 radical (unpaired) electrons. The third-order valence-corrected chi connectivity index (χ3v) is 7.06. The predicted octanol–water partition coefficient (Wildman–Crippen LogP) is -0.286. The fourth-order valence-electron chi connectivity index (χ4n) is 4.81. The van der Waals surface area contributed by atoms with Crippen LogP contribution in [-0.4, -0.2) is 107 Å². The maximum Gasteiger partial charge on any atom is 0.254 e. The normalized spacial score (nSPS) is 22.5. The van der Waals surface area contributed by atoms with E-state index in [1.807, 2.05) is 11.0 Å². The molecule has 6 rings (SSSR count). The third-order valence-electron chi connectivity index (χ3n) is 7.06. The lowest BCUT2D eigenvalue weighted by Crippen LogP contribution is -2.52. The molecule has 0 bridgehead atoms. The Morgan fingerprint density at radius 3 is 2.61 bits per heavy atom. The number of nitrogens with one attached hydrogen (secondary N) is 2. The van der Waals surface area contributed by atoms with Crippen LogP contribution < -0.4 is 15.5 Å². The minimum absolute atomic E-state index is 0.0590. The Bertz CT molecular complexity index is 1220. The fraction of sp³-hybridized carbons (Fsp3) is 0.542. The number of hydrogen-bond donors (Lipinski definition) is 2. The molecule has 4 aliphatic rings. The van der Waals surface area contributed by atoms with E-state index in [-0.39, 0.29) is 24.1 Å². The number of carbonyl (C=O) groups excluding carboxylic acids is 3. The van der Waals surface area contributed by atoms with Crippen molar-refractivity contribution in [2.24, 2.45) is 0 Å². The van der Waals surface area contributed by atoms with E-state index >= 15 is 0 Å². The van der Waals surface area contributed by atoms with Crippen LogP contribution >= 0.6 is 0 Å². The van der Waals surface area contributed by atoms with Gasteiger partial charge in [0, 0.05) is 62.5 Å². The highest BCUT2D eigenvalue weighted by atomic mass is 16.5. The van der Waals surface area contributed by atoms with Crippen LogP contribution in [0.5, 0.6) is 0 Å². The van der Waals surface area contributed by atoms with Gasteiger partial charge >= 0.3 is 0 Å². The molecule has 2 aromatic heterocycles. The minimum atomic E-state index is -0.371. The van der Waals surface area contributed by atoms with E-state index in [9.17, 15) is 14.4 Å². The molecule has 1 saturated carbocycles. The summed E-state index contributed by atoms with van der Waals surface area (Å²) in [4.78, 5) is 47.7. The highest BCUT2D eigenvalue weighted by molar-refractivity contribution is 6.15. The van der Waals surface area contributed by atoms with E-state index in [1.165, 1.54) is 0 Å². The molecule has 12 nitrogen and oxygen atoms in total. The number of piperazine rings is 1. The molecule has 0 spiro atoms. The monoisotopic (exact) mass is 494 g/mol. The number of aromatic nitrogens is 3. The number of nitrogens with zero attached hydrogens (tertiary/aromatic N) is 6. The summed E-state index contributed by atoms with van der Waals surface area (Å²) in [6.07, 6.45) is 5.66. The topological polar surface area (TPSA) is 124 Å². The molecular weight excluding hydrogens is 464 g/mol. The number of carbonyl (C=O) groups is 3. The zero-order chi connectivity index (χ0) is 24.6. The lowest BCUT2D eigenvalue weighted by atomic mass is 10.1. The van der Waals surface area contributed by atoms with Crippen LogP contribution in [0.4, 0.5) is 11.6 Å². The first kappa shape index (κ1) is 22.9. The fourth-order valence-corrected chi connectivity index (χ4v) is 4.81. The second-order valence-corrected chi connectivity index (χ2v) is 9.73. The van der Waals surface area contributed by atoms with Gasteiger partial charge in [0.15, 0.2) is 5.65 Å². The van der Waals surface area contributed by atoms with Crippen molar-refractivity contribution in [1.29, 1.82) is 0 Å². The molecule has 36 heavy (non-hydrogen) atoms. The Hall–Kier alpha value is -3.51. The van der Waals surface area contributed by atoms with Crippen LogP contribution in [0.1, 0.15) is 24.8 Å². The van der Waals surface area contributed by atoms with E-state index in [0.717, 1.165) is 37.6 Å². The molecule has 2 aromatic rings. The largest absolute Gasteiger partial charge is 0.379 e. The van der Waals surface area contributed by atoms with Crippen LogP contribution in [0.3, 0.4) is 0 Å². The van der Waals surface area contributed by atoms with Crippen molar-refractivity contribution >= 4 is 41.1 Å². The maximum absolute atomic E-state index is 12.8. The number of amides is 3. The smallest absolute Gasteiger partial charge is 0.254 e. The number of ether oxygens (including phenoxy) is 1. The van der Waals surface area contributed by atoms with Crippen molar-refractivity contribution < 1.29 is 19.1 Å². The molecule has 12 heteroatoms. The summed E-state index contributed by atoms with van der Waals surface area (Å²) in [5.74, 6) is 1.14. The van der Waals surface area contributed by atoms with Gasteiger partial charge in [0.2, 0.25) is 11.8 Å². The third kappa shape index (κ3) is 4.78. The van der Waals surface area contributed by atoms with E-state index < -0.39 is 0 Å². The molecule has 3 aliphatic heterocycles. The van der Waals surface area contributed by atoms with E-state index in [0.29, 0.717) is 68.8 Å². The number of hydrogen-bond acceptors (Lipinski definition) is 9. The molecule has 3 amide bonds. The summed E-state index contributed by atoms with van der Waals surface area (Å²) in [5, 5.41) is 10.4. The number of imide groups is 1. The van der Waals surface area contributed by atoms with Gasteiger partial charge in [-0.05, 0) is 18.9 Å². The molecule has 5 heterocycles. The molecular formula is C24H30N8O4. The first-order valence-corrected chi connectivity index (χ1v) is 12.6. The van der Waals surface area contributed by atoms with E-state index in [2.05, 4.69) is 25.5 Å². The van der Waals surface area contributed by atoms with Crippen LogP contribution in [0.25, 0.3) is 11.7 Å². The average Bonchev–Trinajstić information content (AvgIpc) is 3.52. The van der Waals surface area contributed by atoms with E-state index in [4.69, 9.17) is 9.72 Å². The van der Waals surface area contributed by atoms with Gasteiger partial charge in [0.25, 0.3) is 5.91 Å². The van der Waals surface area contributed by atoms with Crippen LogP contribution in [0.15, 0.2) is 17.8 Å². The van der Waals surface area contributed by atoms with Gasteiger partial charge in [-0.25, -0.2) is 4.98 Å². The Kier molecular flexibility index (Phi) is 6.05. The van der Waals surface area contributed by atoms with Gasteiger partial charge in [0.05, 0.1) is 32.4 Å². The maximum atomic E-state index is 12.8. The summed E-state index contributed by atoms with van der Waals surface area (Å²) in [7, 11) is 0. The van der Waals surface area contributed by atoms with Crippen LogP contribution in [-0.2, 0) is 19.1 Å². The van der Waals surface area contributed by atoms with Crippen molar-refractivity contribution in [3.05, 3.63) is 23.4 Å². The highest BCUT2D eigenvalue weighted by Gasteiger charge is 2.28. The predicted molar refractivity (Wildman–Crippen MR) is 131 cm³/mol. The second kappa shape index (κ2) is 9.51. The van der Waals surface area contributed by atoms with Gasteiger partial charge in [-0.3, -0.25) is 24.6 Å². The summed E-state index contributed by atoms with van der Waals surface area (Å²) in [6.45, 7) is 6.04. The van der Waals surface area contributed by atoms with Gasteiger partial charge in [-0.1, -0.05) is 0 Å². The van der Waals surface area contributed by atoms with Crippen LogP contribution in [0, 0.1) is 0 Å². The van der Waals surface area contributed by atoms with Gasteiger partial charge in [-0.15, -0.1) is 0 Å². The number of anilines is 2.